The van der Waals surface area contributed by atoms with Gasteiger partial charge in [-0.3, -0.25) is 9.40 Å². The van der Waals surface area contributed by atoms with E-state index in [-0.39, 0.29) is 16.1 Å². The smallest absolute Gasteiger partial charge is 0.266 e. The maximum atomic E-state index is 12.7. The van der Waals surface area contributed by atoms with E-state index in [0.717, 1.165) is 5.69 Å². The summed E-state index contributed by atoms with van der Waals surface area (Å²) in [4.78, 5) is -0.0222. The van der Waals surface area contributed by atoms with Gasteiger partial charge in [0.15, 0.2) is 0 Å². The summed E-state index contributed by atoms with van der Waals surface area (Å²) < 4.78 is 34.4. The minimum atomic E-state index is -3.85. The van der Waals surface area contributed by atoms with Crippen LogP contribution in [-0.4, -0.2) is 25.3 Å². The molecule has 0 saturated carbocycles. The van der Waals surface area contributed by atoms with Crippen molar-refractivity contribution in [1.82, 2.24) is 9.78 Å². The molecular formula is C15H20ClN3O3S. The average Bonchev–Trinajstić information content (AvgIpc) is 2.79. The minimum absolute atomic E-state index is 0.0222. The Bertz CT molecular complexity index is 823. The van der Waals surface area contributed by atoms with Crippen molar-refractivity contribution in [3.63, 3.8) is 0 Å². The number of hydrogen-bond acceptors (Lipinski definition) is 4. The molecule has 0 atom stereocenters. The standard InChI is InChI=1S/C15H20ClN3O3S/c1-15(2,3)13-9-14(19(4)17-13)18-23(20,21)12-8-10(16)6-7-11(12)22-5/h6-9,18H,1-5H3. The van der Waals surface area contributed by atoms with E-state index in [1.54, 1.807) is 19.2 Å². The van der Waals surface area contributed by atoms with Crippen LogP contribution < -0.4 is 9.46 Å². The second-order valence-electron chi connectivity index (χ2n) is 6.19. The second kappa shape index (κ2) is 6.05. The number of benzene rings is 1. The van der Waals surface area contributed by atoms with Gasteiger partial charge in [-0.05, 0) is 18.2 Å². The highest BCUT2D eigenvalue weighted by atomic mass is 35.5. The Balaban J connectivity index is 2.44. The van der Waals surface area contributed by atoms with Gasteiger partial charge in [-0.2, -0.15) is 5.10 Å². The number of methoxy groups -OCH3 is 1. The minimum Gasteiger partial charge on any atom is -0.495 e. The number of aryl methyl sites for hydroxylation is 1. The van der Waals surface area contributed by atoms with Crippen molar-refractivity contribution in [2.24, 2.45) is 7.05 Å². The summed E-state index contributed by atoms with van der Waals surface area (Å²) in [5, 5.41) is 4.66. The van der Waals surface area contributed by atoms with Crippen LogP contribution in [0.4, 0.5) is 5.82 Å². The molecule has 23 heavy (non-hydrogen) atoms. The van der Waals surface area contributed by atoms with Crippen molar-refractivity contribution in [2.75, 3.05) is 11.8 Å². The highest BCUT2D eigenvalue weighted by molar-refractivity contribution is 7.92. The van der Waals surface area contributed by atoms with E-state index in [0.29, 0.717) is 10.8 Å². The highest BCUT2D eigenvalue weighted by Gasteiger charge is 2.24. The van der Waals surface area contributed by atoms with Gasteiger partial charge in [0.1, 0.15) is 16.5 Å². The molecule has 1 heterocycles. The molecule has 0 spiro atoms. The van der Waals surface area contributed by atoms with Crippen LogP contribution >= 0.6 is 11.6 Å². The Morgan fingerprint density at radius 1 is 1.26 bits per heavy atom. The van der Waals surface area contributed by atoms with E-state index >= 15 is 0 Å². The summed E-state index contributed by atoms with van der Waals surface area (Å²) in [6.07, 6.45) is 0. The Kier molecular flexibility index (Phi) is 4.64. The molecule has 0 amide bonds. The van der Waals surface area contributed by atoms with Crippen LogP contribution in [0.1, 0.15) is 26.5 Å². The van der Waals surface area contributed by atoms with Gasteiger partial charge in [-0.15, -0.1) is 0 Å². The summed E-state index contributed by atoms with van der Waals surface area (Å²) in [7, 11) is -0.764. The van der Waals surface area contributed by atoms with E-state index < -0.39 is 10.0 Å². The zero-order chi connectivity index (χ0) is 17.4. The van der Waals surface area contributed by atoms with E-state index in [1.165, 1.54) is 23.9 Å². The molecule has 8 heteroatoms. The number of anilines is 1. The summed E-state index contributed by atoms with van der Waals surface area (Å²) in [5.74, 6) is 0.595. The number of rotatable bonds is 4. The number of halogens is 1. The van der Waals surface area contributed by atoms with Gasteiger partial charge < -0.3 is 4.74 Å². The monoisotopic (exact) mass is 357 g/mol. The van der Waals surface area contributed by atoms with Crippen LogP contribution in [0.25, 0.3) is 0 Å². The molecule has 126 valence electrons. The number of nitrogens with one attached hydrogen (secondary N) is 1. The van der Waals surface area contributed by atoms with Crippen LogP contribution in [0, 0.1) is 0 Å². The van der Waals surface area contributed by atoms with E-state index in [9.17, 15) is 8.42 Å². The molecule has 0 aliphatic rings. The Morgan fingerprint density at radius 2 is 1.91 bits per heavy atom. The number of ether oxygens (including phenoxy) is 1. The van der Waals surface area contributed by atoms with Gasteiger partial charge in [0.25, 0.3) is 10.0 Å². The molecule has 0 saturated heterocycles. The van der Waals surface area contributed by atoms with Crippen molar-refractivity contribution < 1.29 is 13.2 Å². The van der Waals surface area contributed by atoms with Crippen LogP contribution in [0.2, 0.25) is 5.02 Å². The zero-order valence-electron chi connectivity index (χ0n) is 13.7. The lowest BCUT2D eigenvalue weighted by molar-refractivity contribution is 0.403. The third-order valence-corrected chi connectivity index (χ3v) is 4.91. The molecular weight excluding hydrogens is 338 g/mol. The highest BCUT2D eigenvalue weighted by Crippen LogP contribution is 2.30. The maximum Gasteiger partial charge on any atom is 0.266 e. The van der Waals surface area contributed by atoms with Crippen molar-refractivity contribution in [2.45, 2.75) is 31.1 Å². The zero-order valence-corrected chi connectivity index (χ0v) is 15.3. The molecule has 0 aliphatic heterocycles. The number of nitrogens with zero attached hydrogens (tertiary/aromatic N) is 2. The second-order valence-corrected chi connectivity index (χ2v) is 8.28. The first-order valence-corrected chi connectivity index (χ1v) is 8.81. The predicted octanol–water partition coefficient (Wildman–Crippen LogP) is 3.18. The lowest BCUT2D eigenvalue weighted by atomic mass is 9.92. The largest absolute Gasteiger partial charge is 0.495 e. The fourth-order valence-electron chi connectivity index (χ4n) is 1.98. The summed E-state index contributed by atoms with van der Waals surface area (Å²) in [5.41, 5.74) is 0.602. The summed E-state index contributed by atoms with van der Waals surface area (Å²) in [6, 6.07) is 6.15. The molecule has 0 fully saturated rings. The van der Waals surface area contributed by atoms with Crippen molar-refractivity contribution in [3.8, 4) is 5.75 Å². The van der Waals surface area contributed by atoms with Crippen LogP contribution in [0.3, 0.4) is 0 Å². The SMILES string of the molecule is COc1ccc(Cl)cc1S(=O)(=O)Nc1cc(C(C)(C)C)nn1C. The number of aromatic nitrogens is 2. The topological polar surface area (TPSA) is 73.2 Å². The molecule has 1 aromatic heterocycles. The van der Waals surface area contributed by atoms with Gasteiger partial charge in [0, 0.05) is 23.6 Å². The lowest BCUT2D eigenvalue weighted by Crippen LogP contribution is -2.16. The Hall–Kier alpha value is -1.73. The molecule has 2 aromatic rings. The Morgan fingerprint density at radius 3 is 2.43 bits per heavy atom. The third-order valence-electron chi connectivity index (χ3n) is 3.30. The first kappa shape index (κ1) is 17.6. The van der Waals surface area contributed by atoms with Crippen LogP contribution in [-0.2, 0) is 22.5 Å². The summed E-state index contributed by atoms with van der Waals surface area (Å²) in [6.45, 7) is 6.02. The molecule has 0 aliphatic carbocycles. The van der Waals surface area contributed by atoms with Gasteiger partial charge >= 0.3 is 0 Å². The number of sulfonamides is 1. The van der Waals surface area contributed by atoms with Crippen molar-refractivity contribution in [1.29, 1.82) is 0 Å². The van der Waals surface area contributed by atoms with Gasteiger partial charge in [-0.1, -0.05) is 32.4 Å². The molecule has 0 bridgehead atoms. The van der Waals surface area contributed by atoms with Gasteiger partial charge in [0.2, 0.25) is 0 Å². The first-order valence-electron chi connectivity index (χ1n) is 6.95. The fraction of sp³-hybridized carbons (Fsp3) is 0.400. The molecule has 6 nitrogen and oxygen atoms in total. The molecule has 1 N–H and O–H groups in total. The Labute approximate surface area is 141 Å². The average molecular weight is 358 g/mol. The fourth-order valence-corrected chi connectivity index (χ4v) is 3.49. The molecule has 1 aromatic carbocycles. The first-order chi connectivity index (χ1) is 10.5. The summed E-state index contributed by atoms with van der Waals surface area (Å²) >= 11 is 5.91. The molecule has 0 radical (unpaired) electrons. The third kappa shape index (κ3) is 3.79. The molecule has 0 unspecified atom stereocenters. The van der Waals surface area contributed by atoms with Crippen LogP contribution in [0.5, 0.6) is 5.75 Å². The van der Waals surface area contributed by atoms with Gasteiger partial charge in [0.05, 0.1) is 12.8 Å². The number of hydrogen-bond donors (Lipinski definition) is 1. The maximum absolute atomic E-state index is 12.7. The van der Waals surface area contributed by atoms with Crippen molar-refractivity contribution >= 4 is 27.4 Å². The van der Waals surface area contributed by atoms with E-state index in [1.807, 2.05) is 20.8 Å². The molecule has 2 rings (SSSR count). The van der Waals surface area contributed by atoms with E-state index in [4.69, 9.17) is 16.3 Å². The van der Waals surface area contributed by atoms with Crippen LogP contribution in [0.15, 0.2) is 29.2 Å². The predicted molar refractivity (Wildman–Crippen MR) is 90.7 cm³/mol. The van der Waals surface area contributed by atoms with Gasteiger partial charge in [-0.25, -0.2) is 8.42 Å². The quantitative estimate of drug-likeness (QED) is 0.912. The van der Waals surface area contributed by atoms with E-state index in [2.05, 4.69) is 9.82 Å². The van der Waals surface area contributed by atoms with Crippen molar-refractivity contribution in [3.05, 3.63) is 35.0 Å². The lowest BCUT2D eigenvalue weighted by Gasteiger charge is -2.13. The normalized spacial score (nSPS) is 12.3.